The molecule has 1 fully saturated rings. The van der Waals surface area contributed by atoms with Gasteiger partial charge in [0, 0.05) is 13.1 Å². The normalized spacial score (nSPS) is 15.2. The van der Waals surface area contributed by atoms with E-state index < -0.39 is 5.56 Å². The zero-order valence-corrected chi connectivity index (χ0v) is 13.4. The first-order valence-electron chi connectivity index (χ1n) is 7.59. The molecule has 1 saturated heterocycles. The van der Waals surface area contributed by atoms with E-state index in [1.165, 1.54) is 17.2 Å². The molecule has 120 valence electrons. The van der Waals surface area contributed by atoms with Crippen molar-refractivity contribution in [2.45, 2.75) is 19.3 Å². The van der Waals surface area contributed by atoms with Gasteiger partial charge in [0.05, 0.1) is 11.9 Å². The lowest BCUT2D eigenvalue weighted by atomic mass is 10.2. The number of hydrogen-bond acceptors (Lipinski definition) is 5. The van der Waals surface area contributed by atoms with Crippen molar-refractivity contribution in [2.24, 2.45) is 5.10 Å². The van der Waals surface area contributed by atoms with Crippen molar-refractivity contribution in [3.8, 4) is 11.6 Å². The predicted molar refractivity (Wildman–Crippen MR) is 91.9 cm³/mol. The topological polar surface area (TPSA) is 73.6 Å². The highest BCUT2D eigenvalue weighted by Gasteiger charge is 2.13. The van der Waals surface area contributed by atoms with Crippen LogP contribution in [0.25, 0.3) is 5.69 Å². The van der Waals surface area contributed by atoms with Crippen LogP contribution in [0.3, 0.4) is 0 Å². The lowest BCUT2D eigenvalue weighted by Crippen LogP contribution is -2.25. The van der Waals surface area contributed by atoms with Crippen LogP contribution in [0, 0.1) is 4.77 Å². The summed E-state index contributed by atoms with van der Waals surface area (Å²) < 4.78 is 1.57. The lowest BCUT2D eigenvalue weighted by Gasteiger charge is -2.23. The number of aromatic nitrogens is 2. The second kappa shape index (κ2) is 6.78. The monoisotopic (exact) mass is 330 g/mol. The van der Waals surface area contributed by atoms with E-state index in [0.29, 0.717) is 5.69 Å². The van der Waals surface area contributed by atoms with Crippen molar-refractivity contribution in [1.29, 1.82) is 0 Å². The number of nitrogens with zero attached hydrogens (tertiary/aromatic N) is 3. The number of piperidine rings is 1. The Balaban J connectivity index is 2.02. The Hall–Kier alpha value is -2.41. The van der Waals surface area contributed by atoms with E-state index in [2.05, 4.69) is 10.1 Å². The van der Waals surface area contributed by atoms with Gasteiger partial charge < -0.3 is 5.11 Å². The van der Waals surface area contributed by atoms with Crippen molar-refractivity contribution in [3.63, 3.8) is 0 Å². The Kier molecular flexibility index (Phi) is 4.57. The van der Waals surface area contributed by atoms with Gasteiger partial charge in [0.1, 0.15) is 5.56 Å². The quantitative estimate of drug-likeness (QED) is 0.669. The Morgan fingerprint density at radius 3 is 2.57 bits per heavy atom. The Bertz CT molecular complexity index is 820. The van der Waals surface area contributed by atoms with Crippen molar-refractivity contribution in [3.05, 3.63) is 51.0 Å². The minimum Gasteiger partial charge on any atom is -0.494 e. The maximum absolute atomic E-state index is 12.1. The summed E-state index contributed by atoms with van der Waals surface area (Å²) >= 11 is 5.17. The van der Waals surface area contributed by atoms with Crippen LogP contribution < -0.4 is 5.56 Å². The highest BCUT2D eigenvalue weighted by Crippen LogP contribution is 2.18. The molecule has 1 aromatic heterocycles. The molecule has 2 heterocycles. The van der Waals surface area contributed by atoms with Crippen molar-refractivity contribution >= 4 is 18.4 Å². The summed E-state index contributed by atoms with van der Waals surface area (Å²) in [5.41, 5.74) is 0.340. The van der Waals surface area contributed by atoms with Gasteiger partial charge in [-0.25, -0.2) is 0 Å². The molecule has 0 amide bonds. The Morgan fingerprint density at radius 1 is 1.17 bits per heavy atom. The van der Waals surface area contributed by atoms with Crippen LogP contribution in [0.5, 0.6) is 5.88 Å². The van der Waals surface area contributed by atoms with Crippen molar-refractivity contribution < 1.29 is 5.11 Å². The number of hydrogen-bond donors (Lipinski definition) is 2. The Labute approximate surface area is 138 Å². The van der Waals surface area contributed by atoms with Crippen molar-refractivity contribution in [1.82, 2.24) is 14.6 Å². The first kappa shape index (κ1) is 15.5. The molecule has 0 spiro atoms. The molecule has 0 unspecified atom stereocenters. The van der Waals surface area contributed by atoms with Gasteiger partial charge in [-0.2, -0.15) is 5.10 Å². The van der Waals surface area contributed by atoms with E-state index in [9.17, 15) is 9.90 Å². The SMILES string of the molecule is O=c1[nH]c(=S)n(-c2ccccc2)c(O)c1C=NN1CCCCC1. The fraction of sp³-hybridized carbons (Fsp3) is 0.312. The third-order valence-electron chi connectivity index (χ3n) is 3.82. The smallest absolute Gasteiger partial charge is 0.264 e. The van der Waals surface area contributed by atoms with E-state index >= 15 is 0 Å². The third kappa shape index (κ3) is 3.34. The van der Waals surface area contributed by atoms with Gasteiger partial charge in [0.15, 0.2) is 4.77 Å². The number of para-hydroxylation sites is 1. The molecule has 1 aromatic carbocycles. The number of aromatic hydroxyl groups is 1. The van der Waals surface area contributed by atoms with Crippen LogP contribution in [0.2, 0.25) is 0 Å². The molecule has 0 saturated carbocycles. The molecule has 6 nitrogen and oxygen atoms in total. The van der Waals surface area contributed by atoms with Gasteiger partial charge in [-0.3, -0.25) is 19.4 Å². The van der Waals surface area contributed by atoms with E-state index in [1.807, 2.05) is 23.2 Å². The molecule has 0 radical (unpaired) electrons. The molecule has 0 bridgehead atoms. The molecule has 3 rings (SSSR count). The molecule has 0 atom stereocenters. The molecular formula is C16H18N4O2S. The van der Waals surface area contributed by atoms with Crippen LogP contribution in [0.15, 0.2) is 40.2 Å². The van der Waals surface area contributed by atoms with Gasteiger partial charge >= 0.3 is 0 Å². The fourth-order valence-electron chi connectivity index (χ4n) is 2.60. The summed E-state index contributed by atoms with van der Waals surface area (Å²) in [7, 11) is 0. The fourth-order valence-corrected chi connectivity index (χ4v) is 2.89. The van der Waals surface area contributed by atoms with Gasteiger partial charge in [-0.05, 0) is 43.6 Å². The summed E-state index contributed by atoms with van der Waals surface area (Å²) in [6.07, 6.45) is 4.80. The van der Waals surface area contributed by atoms with Gasteiger partial charge in [-0.15, -0.1) is 0 Å². The van der Waals surface area contributed by atoms with Crippen LogP contribution in [-0.2, 0) is 0 Å². The summed E-state index contributed by atoms with van der Waals surface area (Å²) in [6.45, 7) is 1.74. The molecule has 2 N–H and O–H groups in total. The van der Waals surface area contributed by atoms with Crippen LogP contribution in [-0.4, -0.2) is 39.0 Å². The lowest BCUT2D eigenvalue weighted by molar-refractivity contribution is 0.240. The number of aromatic amines is 1. The van der Waals surface area contributed by atoms with Crippen molar-refractivity contribution in [2.75, 3.05) is 13.1 Å². The van der Waals surface area contributed by atoms with Crippen LogP contribution >= 0.6 is 12.2 Å². The first-order chi connectivity index (χ1) is 11.2. The maximum atomic E-state index is 12.1. The zero-order valence-electron chi connectivity index (χ0n) is 12.6. The first-order valence-corrected chi connectivity index (χ1v) is 8.00. The molecule has 7 heteroatoms. The van der Waals surface area contributed by atoms with Gasteiger partial charge in [0.2, 0.25) is 5.88 Å². The number of H-pyrrole nitrogens is 1. The highest BCUT2D eigenvalue weighted by atomic mass is 32.1. The van der Waals surface area contributed by atoms with E-state index in [4.69, 9.17) is 12.2 Å². The number of nitrogens with one attached hydrogen (secondary N) is 1. The molecule has 1 aliphatic rings. The number of benzene rings is 1. The Morgan fingerprint density at radius 2 is 1.87 bits per heavy atom. The highest BCUT2D eigenvalue weighted by molar-refractivity contribution is 7.71. The maximum Gasteiger partial charge on any atom is 0.264 e. The van der Waals surface area contributed by atoms with Crippen LogP contribution in [0.4, 0.5) is 0 Å². The largest absolute Gasteiger partial charge is 0.494 e. The average molecular weight is 330 g/mol. The van der Waals surface area contributed by atoms with Crippen LogP contribution in [0.1, 0.15) is 24.8 Å². The molecule has 1 aliphatic heterocycles. The third-order valence-corrected chi connectivity index (χ3v) is 4.10. The van der Waals surface area contributed by atoms with Gasteiger partial charge in [0.25, 0.3) is 5.56 Å². The molecule has 23 heavy (non-hydrogen) atoms. The summed E-state index contributed by atoms with van der Waals surface area (Å²) in [5.74, 6) is -0.203. The second-order valence-electron chi connectivity index (χ2n) is 5.43. The number of hydrazone groups is 1. The predicted octanol–water partition coefficient (Wildman–Crippen LogP) is 2.42. The van der Waals surface area contributed by atoms with Gasteiger partial charge in [-0.1, -0.05) is 18.2 Å². The molecular weight excluding hydrogens is 312 g/mol. The minimum atomic E-state index is -0.444. The molecule has 0 aliphatic carbocycles. The minimum absolute atomic E-state index is 0.105. The summed E-state index contributed by atoms with van der Waals surface area (Å²) in [6, 6.07) is 9.15. The van der Waals surface area contributed by atoms with E-state index in [-0.39, 0.29) is 16.2 Å². The summed E-state index contributed by atoms with van der Waals surface area (Å²) in [4.78, 5) is 14.7. The van der Waals surface area contributed by atoms with E-state index in [0.717, 1.165) is 25.9 Å². The average Bonchev–Trinajstić information content (AvgIpc) is 2.56. The second-order valence-corrected chi connectivity index (χ2v) is 5.81. The van der Waals surface area contributed by atoms with E-state index in [1.54, 1.807) is 12.1 Å². The zero-order chi connectivity index (χ0) is 16.2. The number of rotatable bonds is 3. The molecule has 2 aromatic rings. The standard InChI is InChI=1S/C16H18N4O2S/c21-14-13(11-17-19-9-5-2-6-10-19)15(22)20(16(23)18-14)12-7-3-1-4-8-12/h1,3-4,7-8,11,22H,2,5-6,9-10H2,(H,18,21,23). The summed E-state index contributed by atoms with van der Waals surface area (Å²) in [5, 5.41) is 16.7.